The molecule has 1 aromatic rings. The number of aromatic carboxylic acids is 1. The fourth-order valence-electron chi connectivity index (χ4n) is 2.23. The summed E-state index contributed by atoms with van der Waals surface area (Å²) in [6.07, 6.45) is 1.23. The summed E-state index contributed by atoms with van der Waals surface area (Å²) in [7, 11) is -3.28. The van der Waals surface area contributed by atoms with Gasteiger partial charge in [0.2, 0.25) is 5.76 Å². The van der Waals surface area contributed by atoms with Crippen LogP contribution in [0, 0.1) is 5.92 Å². The Morgan fingerprint density at radius 2 is 2.19 bits per heavy atom. The SMILES string of the molecule is CC(C)C1c2c(coc2C(=O)O)CS1(=O)=O. The highest BCUT2D eigenvalue weighted by Crippen LogP contribution is 2.43. The molecule has 0 amide bonds. The molecule has 88 valence electrons. The maximum absolute atomic E-state index is 11.9. The Morgan fingerprint density at radius 3 is 2.69 bits per heavy atom. The van der Waals surface area contributed by atoms with Crippen molar-refractivity contribution in [2.75, 3.05) is 0 Å². The van der Waals surface area contributed by atoms with Gasteiger partial charge in [-0.05, 0) is 5.92 Å². The molecule has 1 N–H and O–H groups in total. The van der Waals surface area contributed by atoms with E-state index in [0.717, 1.165) is 0 Å². The van der Waals surface area contributed by atoms with Crippen LogP contribution < -0.4 is 0 Å². The van der Waals surface area contributed by atoms with E-state index in [-0.39, 0.29) is 17.4 Å². The van der Waals surface area contributed by atoms with Gasteiger partial charge in [-0.15, -0.1) is 0 Å². The number of carbonyl (C=O) groups is 1. The molecule has 0 saturated carbocycles. The largest absolute Gasteiger partial charge is 0.475 e. The summed E-state index contributed by atoms with van der Waals surface area (Å²) >= 11 is 0. The summed E-state index contributed by atoms with van der Waals surface area (Å²) in [6.45, 7) is 3.52. The third-order valence-electron chi connectivity index (χ3n) is 2.74. The number of fused-ring (bicyclic) bond motifs is 1. The highest BCUT2D eigenvalue weighted by molar-refractivity contribution is 7.91. The van der Waals surface area contributed by atoms with Crippen molar-refractivity contribution >= 4 is 15.8 Å². The molecule has 0 saturated heterocycles. The molecule has 0 radical (unpaired) electrons. The molecular formula is C10H12O5S. The van der Waals surface area contributed by atoms with Crippen molar-refractivity contribution in [1.29, 1.82) is 0 Å². The van der Waals surface area contributed by atoms with Crippen molar-refractivity contribution in [2.45, 2.75) is 24.9 Å². The van der Waals surface area contributed by atoms with Crippen LogP contribution in [-0.2, 0) is 15.6 Å². The Labute approximate surface area is 93.0 Å². The molecular weight excluding hydrogens is 232 g/mol. The predicted molar refractivity (Wildman–Crippen MR) is 55.9 cm³/mol. The van der Waals surface area contributed by atoms with Crippen LogP contribution in [-0.4, -0.2) is 19.5 Å². The van der Waals surface area contributed by atoms with Crippen LogP contribution in [0.15, 0.2) is 10.7 Å². The van der Waals surface area contributed by atoms with Crippen molar-refractivity contribution in [3.63, 3.8) is 0 Å². The molecule has 2 rings (SSSR count). The van der Waals surface area contributed by atoms with Crippen molar-refractivity contribution in [2.24, 2.45) is 5.92 Å². The standard InChI is InChI=1S/C10H12O5S/c1-5(2)9-7-6(4-16(9,13)14)3-15-8(7)10(11)12/h3,5,9H,4H2,1-2H3,(H,11,12). The van der Waals surface area contributed by atoms with Gasteiger partial charge in [0.05, 0.1) is 17.3 Å². The lowest BCUT2D eigenvalue weighted by Crippen LogP contribution is -2.15. The molecule has 5 nitrogen and oxygen atoms in total. The van der Waals surface area contributed by atoms with Gasteiger partial charge >= 0.3 is 5.97 Å². The van der Waals surface area contributed by atoms with Crippen LogP contribution in [0.25, 0.3) is 0 Å². The molecule has 1 aliphatic rings. The van der Waals surface area contributed by atoms with E-state index in [9.17, 15) is 13.2 Å². The highest BCUT2D eigenvalue weighted by atomic mass is 32.2. The van der Waals surface area contributed by atoms with Gasteiger partial charge in [-0.25, -0.2) is 13.2 Å². The third-order valence-corrected chi connectivity index (χ3v) is 5.00. The zero-order valence-electron chi connectivity index (χ0n) is 8.93. The van der Waals surface area contributed by atoms with Crippen LogP contribution in [0.5, 0.6) is 0 Å². The van der Waals surface area contributed by atoms with Gasteiger partial charge in [-0.3, -0.25) is 0 Å². The topological polar surface area (TPSA) is 84.6 Å². The maximum Gasteiger partial charge on any atom is 0.372 e. The number of furan rings is 1. The molecule has 16 heavy (non-hydrogen) atoms. The average Bonchev–Trinajstić information content (AvgIpc) is 2.56. The monoisotopic (exact) mass is 244 g/mol. The Morgan fingerprint density at radius 1 is 1.56 bits per heavy atom. The lowest BCUT2D eigenvalue weighted by molar-refractivity contribution is 0.0660. The fraction of sp³-hybridized carbons (Fsp3) is 0.500. The van der Waals surface area contributed by atoms with Crippen LogP contribution in [0.1, 0.15) is 40.8 Å². The molecule has 0 bridgehead atoms. The van der Waals surface area contributed by atoms with Gasteiger partial charge in [-0.1, -0.05) is 13.8 Å². The first kappa shape index (κ1) is 11.2. The number of rotatable bonds is 2. The lowest BCUT2D eigenvalue weighted by atomic mass is 10.00. The molecule has 1 aliphatic heterocycles. The van der Waals surface area contributed by atoms with E-state index in [1.54, 1.807) is 13.8 Å². The van der Waals surface area contributed by atoms with Crippen LogP contribution in [0.4, 0.5) is 0 Å². The van der Waals surface area contributed by atoms with E-state index in [0.29, 0.717) is 11.1 Å². The van der Waals surface area contributed by atoms with Crippen molar-refractivity contribution < 1.29 is 22.7 Å². The number of carboxylic acids is 1. The van der Waals surface area contributed by atoms with Crippen molar-refractivity contribution in [3.8, 4) is 0 Å². The lowest BCUT2D eigenvalue weighted by Gasteiger charge is -2.14. The number of sulfone groups is 1. The van der Waals surface area contributed by atoms with Crippen LogP contribution in [0.3, 0.4) is 0 Å². The van der Waals surface area contributed by atoms with E-state index in [1.807, 2.05) is 0 Å². The second kappa shape index (κ2) is 3.35. The average molecular weight is 244 g/mol. The number of hydrogen-bond donors (Lipinski definition) is 1. The molecule has 0 fully saturated rings. The molecule has 1 atom stereocenters. The summed E-state index contributed by atoms with van der Waals surface area (Å²) < 4.78 is 28.6. The Balaban J connectivity index is 2.64. The summed E-state index contributed by atoms with van der Waals surface area (Å²) in [5.41, 5.74) is 0.818. The second-order valence-electron chi connectivity index (χ2n) is 4.28. The first-order valence-electron chi connectivity index (χ1n) is 4.89. The van der Waals surface area contributed by atoms with Gasteiger partial charge < -0.3 is 9.52 Å². The smallest absolute Gasteiger partial charge is 0.372 e. The minimum atomic E-state index is -3.28. The normalized spacial score (nSPS) is 22.3. The highest BCUT2D eigenvalue weighted by Gasteiger charge is 2.43. The van der Waals surface area contributed by atoms with Gasteiger partial charge in [0.1, 0.15) is 0 Å². The summed E-state index contributed by atoms with van der Waals surface area (Å²) in [5, 5.41) is 8.16. The predicted octanol–water partition coefficient (Wildman–Crippen LogP) is 1.60. The second-order valence-corrected chi connectivity index (χ2v) is 6.40. The minimum Gasteiger partial charge on any atom is -0.475 e. The first-order valence-corrected chi connectivity index (χ1v) is 6.61. The molecule has 6 heteroatoms. The number of carboxylic acid groups (broad SMARTS) is 1. The minimum absolute atomic E-state index is 0.123. The van der Waals surface area contributed by atoms with Gasteiger partial charge in [0.25, 0.3) is 0 Å². The summed E-state index contributed by atoms with van der Waals surface area (Å²) in [4.78, 5) is 10.9. The fourth-order valence-corrected chi connectivity index (χ4v) is 4.51. The Kier molecular flexibility index (Phi) is 2.34. The zero-order valence-corrected chi connectivity index (χ0v) is 9.74. The molecule has 1 unspecified atom stereocenters. The Bertz CT molecular complexity index is 538. The van der Waals surface area contributed by atoms with E-state index < -0.39 is 21.1 Å². The number of hydrogen-bond acceptors (Lipinski definition) is 4. The molecule has 0 spiro atoms. The van der Waals surface area contributed by atoms with Gasteiger partial charge in [-0.2, -0.15) is 0 Å². The molecule has 0 aliphatic carbocycles. The zero-order chi connectivity index (χ0) is 12.1. The van der Waals surface area contributed by atoms with E-state index in [2.05, 4.69) is 0 Å². The van der Waals surface area contributed by atoms with E-state index in [4.69, 9.17) is 9.52 Å². The quantitative estimate of drug-likeness (QED) is 0.854. The van der Waals surface area contributed by atoms with Crippen molar-refractivity contribution in [1.82, 2.24) is 0 Å². The van der Waals surface area contributed by atoms with E-state index in [1.165, 1.54) is 6.26 Å². The molecule has 1 aromatic heterocycles. The van der Waals surface area contributed by atoms with E-state index >= 15 is 0 Å². The maximum atomic E-state index is 11.9. The van der Waals surface area contributed by atoms with Crippen LogP contribution in [0.2, 0.25) is 0 Å². The van der Waals surface area contributed by atoms with Gasteiger partial charge in [0, 0.05) is 11.1 Å². The molecule has 2 heterocycles. The third kappa shape index (κ3) is 1.44. The molecule has 0 aromatic carbocycles. The van der Waals surface area contributed by atoms with Crippen molar-refractivity contribution in [3.05, 3.63) is 23.2 Å². The van der Waals surface area contributed by atoms with Crippen LogP contribution >= 0.6 is 0 Å². The Hall–Kier alpha value is -1.30. The summed E-state index contributed by atoms with van der Waals surface area (Å²) in [5.74, 6) is -1.75. The van der Waals surface area contributed by atoms with Gasteiger partial charge in [0.15, 0.2) is 9.84 Å². The first-order chi connectivity index (χ1) is 7.34. The summed E-state index contributed by atoms with van der Waals surface area (Å²) in [6, 6.07) is 0.